The highest BCUT2D eigenvalue weighted by molar-refractivity contribution is 6.03. The first-order valence-corrected chi connectivity index (χ1v) is 6.89. The highest BCUT2D eigenvalue weighted by atomic mass is 16.6. The first-order chi connectivity index (χ1) is 10.6. The molecule has 1 atom stereocenters. The van der Waals surface area contributed by atoms with Crippen molar-refractivity contribution in [2.24, 2.45) is 0 Å². The molecule has 0 bridgehead atoms. The highest BCUT2D eigenvalue weighted by Gasteiger charge is 2.46. The van der Waals surface area contributed by atoms with Gasteiger partial charge in [0.1, 0.15) is 12.4 Å². The summed E-state index contributed by atoms with van der Waals surface area (Å²) < 4.78 is 10.8. The van der Waals surface area contributed by atoms with Crippen molar-refractivity contribution in [3.05, 3.63) is 65.7 Å². The summed E-state index contributed by atoms with van der Waals surface area (Å²) in [6.07, 6.45) is -0.733. The fourth-order valence-corrected chi connectivity index (χ4v) is 2.28. The molecule has 0 saturated carbocycles. The van der Waals surface area contributed by atoms with Gasteiger partial charge in [-0.05, 0) is 24.6 Å². The van der Waals surface area contributed by atoms with Crippen molar-refractivity contribution in [3.8, 4) is 5.75 Å². The number of hydrogen-bond donors (Lipinski definition) is 1. The normalized spacial score (nSPS) is 20.4. The van der Waals surface area contributed by atoms with E-state index in [0.29, 0.717) is 17.9 Å². The van der Waals surface area contributed by atoms with Crippen LogP contribution >= 0.6 is 0 Å². The molecule has 1 fully saturated rings. The van der Waals surface area contributed by atoms with E-state index in [1.807, 2.05) is 30.3 Å². The number of rotatable bonds is 4. The third kappa shape index (κ3) is 2.65. The van der Waals surface area contributed by atoms with Crippen LogP contribution in [0.2, 0.25) is 0 Å². The second kappa shape index (κ2) is 5.52. The maximum Gasteiger partial charge on any atom is 0.415 e. The molecular weight excluding hydrogens is 282 g/mol. The van der Waals surface area contributed by atoms with Crippen molar-refractivity contribution in [3.63, 3.8) is 0 Å². The van der Waals surface area contributed by atoms with Crippen LogP contribution in [0.4, 0.5) is 4.79 Å². The van der Waals surface area contributed by atoms with Crippen molar-refractivity contribution in [2.45, 2.75) is 19.1 Å². The number of imide groups is 1. The lowest BCUT2D eigenvalue weighted by Crippen LogP contribution is -2.33. The van der Waals surface area contributed by atoms with Gasteiger partial charge in [-0.1, -0.05) is 42.5 Å². The Morgan fingerprint density at radius 1 is 1.09 bits per heavy atom. The van der Waals surface area contributed by atoms with E-state index >= 15 is 0 Å². The van der Waals surface area contributed by atoms with Gasteiger partial charge in [0.2, 0.25) is 5.60 Å². The fraction of sp³-hybridized carbons (Fsp3) is 0.176. The predicted molar refractivity (Wildman–Crippen MR) is 79.2 cm³/mol. The molecular formula is C17H15NO4. The zero-order chi connectivity index (χ0) is 15.6. The van der Waals surface area contributed by atoms with Crippen molar-refractivity contribution in [1.82, 2.24) is 5.32 Å². The van der Waals surface area contributed by atoms with E-state index in [1.165, 1.54) is 0 Å². The molecule has 1 heterocycles. The fourth-order valence-electron chi connectivity index (χ4n) is 2.28. The number of hydrogen-bond acceptors (Lipinski definition) is 4. The van der Waals surface area contributed by atoms with Gasteiger partial charge in [0.15, 0.2) is 0 Å². The second-order valence-corrected chi connectivity index (χ2v) is 5.18. The Hall–Kier alpha value is -2.82. The number of alkyl carbamates (subject to hydrolysis) is 1. The van der Waals surface area contributed by atoms with E-state index in [-0.39, 0.29) is 0 Å². The van der Waals surface area contributed by atoms with Crippen LogP contribution in [0, 0.1) is 0 Å². The van der Waals surface area contributed by atoms with Crippen molar-refractivity contribution < 1.29 is 19.1 Å². The SMILES string of the molecule is C[C@]1(c2cccc(OCc3ccccc3)c2)OC(=O)NC1=O. The van der Waals surface area contributed by atoms with Crippen LogP contribution in [0.25, 0.3) is 0 Å². The zero-order valence-corrected chi connectivity index (χ0v) is 12.0. The number of nitrogens with one attached hydrogen (secondary N) is 1. The molecule has 0 aromatic heterocycles. The molecule has 1 aliphatic rings. The van der Waals surface area contributed by atoms with Gasteiger partial charge in [0.25, 0.3) is 5.91 Å². The van der Waals surface area contributed by atoms with Gasteiger partial charge < -0.3 is 9.47 Å². The largest absolute Gasteiger partial charge is 0.489 e. The smallest absolute Gasteiger partial charge is 0.415 e. The number of benzene rings is 2. The quantitative estimate of drug-likeness (QED) is 0.942. The summed E-state index contributed by atoms with van der Waals surface area (Å²) >= 11 is 0. The summed E-state index contributed by atoms with van der Waals surface area (Å²) in [5.41, 5.74) is 0.300. The van der Waals surface area contributed by atoms with E-state index in [4.69, 9.17) is 9.47 Å². The Bertz CT molecular complexity index is 714. The lowest BCUT2D eigenvalue weighted by Gasteiger charge is -2.20. The van der Waals surface area contributed by atoms with Crippen molar-refractivity contribution in [1.29, 1.82) is 0 Å². The Kier molecular flexibility index (Phi) is 3.55. The monoisotopic (exact) mass is 297 g/mol. The second-order valence-electron chi connectivity index (χ2n) is 5.18. The van der Waals surface area contributed by atoms with Crippen LogP contribution in [0.5, 0.6) is 5.75 Å². The van der Waals surface area contributed by atoms with Crippen molar-refractivity contribution in [2.75, 3.05) is 0 Å². The Balaban J connectivity index is 1.78. The van der Waals surface area contributed by atoms with E-state index in [9.17, 15) is 9.59 Å². The molecule has 0 radical (unpaired) electrons. The number of ether oxygens (including phenoxy) is 2. The standard InChI is InChI=1S/C17H15NO4/c1-17(15(19)18-16(20)22-17)13-8-5-9-14(10-13)21-11-12-6-3-2-4-7-12/h2-10H,11H2,1H3,(H,18,19,20)/t17-/m1/s1. The van der Waals surface area contributed by atoms with Crippen LogP contribution in [-0.4, -0.2) is 12.0 Å². The minimum absolute atomic E-state index is 0.424. The average molecular weight is 297 g/mol. The highest BCUT2D eigenvalue weighted by Crippen LogP contribution is 2.31. The number of carbonyl (C=O) groups excluding carboxylic acids is 2. The molecule has 0 aliphatic carbocycles. The number of cyclic esters (lactones) is 1. The summed E-state index contributed by atoms with van der Waals surface area (Å²) in [5.74, 6) is 0.135. The Labute approximate surface area is 127 Å². The summed E-state index contributed by atoms with van der Waals surface area (Å²) in [4.78, 5) is 23.2. The van der Waals surface area contributed by atoms with Crippen LogP contribution in [0.3, 0.4) is 0 Å². The molecule has 112 valence electrons. The van der Waals surface area contributed by atoms with Crippen LogP contribution < -0.4 is 10.1 Å². The van der Waals surface area contributed by atoms with E-state index < -0.39 is 17.6 Å². The minimum atomic E-state index is -1.32. The first kappa shape index (κ1) is 14.1. The van der Waals surface area contributed by atoms with Crippen LogP contribution in [0.15, 0.2) is 54.6 Å². The molecule has 22 heavy (non-hydrogen) atoms. The molecule has 1 aliphatic heterocycles. The van der Waals surface area contributed by atoms with Gasteiger partial charge in [0.05, 0.1) is 0 Å². The van der Waals surface area contributed by atoms with Gasteiger partial charge in [-0.3, -0.25) is 10.1 Å². The van der Waals surface area contributed by atoms with E-state index in [0.717, 1.165) is 5.56 Å². The Morgan fingerprint density at radius 2 is 1.86 bits per heavy atom. The van der Waals surface area contributed by atoms with Crippen molar-refractivity contribution >= 4 is 12.0 Å². The molecule has 1 saturated heterocycles. The third-order valence-corrected chi connectivity index (χ3v) is 3.58. The summed E-state index contributed by atoms with van der Waals surface area (Å²) in [5, 5.41) is 2.14. The van der Waals surface area contributed by atoms with E-state index in [2.05, 4.69) is 5.32 Å². The molecule has 1 N–H and O–H groups in total. The molecule has 5 heteroatoms. The zero-order valence-electron chi connectivity index (χ0n) is 12.0. The number of carbonyl (C=O) groups is 2. The molecule has 2 aromatic rings. The molecule has 5 nitrogen and oxygen atoms in total. The minimum Gasteiger partial charge on any atom is -0.489 e. The number of amides is 2. The van der Waals surface area contributed by atoms with Gasteiger partial charge in [0, 0.05) is 5.56 Å². The van der Waals surface area contributed by atoms with E-state index in [1.54, 1.807) is 31.2 Å². The summed E-state index contributed by atoms with van der Waals surface area (Å²) in [6, 6.07) is 16.8. The molecule has 0 spiro atoms. The summed E-state index contributed by atoms with van der Waals surface area (Å²) in [6.45, 7) is 1.98. The van der Waals surface area contributed by atoms with Gasteiger partial charge >= 0.3 is 6.09 Å². The van der Waals surface area contributed by atoms with Gasteiger partial charge in [-0.15, -0.1) is 0 Å². The van der Waals surface area contributed by atoms with Gasteiger partial charge in [-0.25, -0.2) is 4.79 Å². The molecule has 0 unspecified atom stereocenters. The lowest BCUT2D eigenvalue weighted by atomic mass is 9.95. The topological polar surface area (TPSA) is 64.6 Å². The average Bonchev–Trinajstić information content (AvgIpc) is 2.80. The molecule has 3 rings (SSSR count). The van der Waals surface area contributed by atoms with Crippen LogP contribution in [0.1, 0.15) is 18.1 Å². The lowest BCUT2D eigenvalue weighted by molar-refractivity contribution is -0.130. The molecule has 2 amide bonds. The maximum atomic E-state index is 11.9. The summed E-state index contributed by atoms with van der Waals surface area (Å²) in [7, 11) is 0. The maximum absolute atomic E-state index is 11.9. The Morgan fingerprint density at radius 3 is 2.55 bits per heavy atom. The molecule has 2 aromatic carbocycles. The predicted octanol–water partition coefficient (Wildman–Crippen LogP) is 2.75. The first-order valence-electron chi connectivity index (χ1n) is 6.89. The third-order valence-electron chi connectivity index (χ3n) is 3.58. The van der Waals surface area contributed by atoms with Crippen LogP contribution in [-0.2, 0) is 21.7 Å². The van der Waals surface area contributed by atoms with Gasteiger partial charge in [-0.2, -0.15) is 0 Å².